The van der Waals surface area contributed by atoms with E-state index in [1.54, 1.807) is 24.3 Å². The van der Waals surface area contributed by atoms with Crippen molar-refractivity contribution in [2.24, 2.45) is 0 Å². The van der Waals surface area contributed by atoms with Gasteiger partial charge in [-0.15, -0.1) is 0 Å². The summed E-state index contributed by atoms with van der Waals surface area (Å²) in [7, 11) is 1.31. The number of hydrogen-bond donors (Lipinski definition) is 2. The zero-order chi connectivity index (χ0) is 13.8. The highest BCUT2D eigenvalue weighted by Gasteiger charge is 2.08. The van der Waals surface area contributed by atoms with Gasteiger partial charge in [0, 0.05) is 10.7 Å². The van der Waals surface area contributed by atoms with Gasteiger partial charge in [-0.3, -0.25) is 0 Å². The number of carbonyl (C=O) groups excluding carboxylic acids is 1. The molecule has 2 N–H and O–H groups in total. The highest BCUT2D eigenvalue weighted by atomic mass is 35.5. The lowest BCUT2D eigenvalue weighted by Crippen LogP contribution is -2.04. The molecule has 1 aromatic heterocycles. The van der Waals surface area contributed by atoms with Crippen molar-refractivity contribution in [2.45, 2.75) is 6.54 Å². The number of benzene rings is 1. The molecule has 0 atom stereocenters. The fourth-order valence-corrected chi connectivity index (χ4v) is 1.75. The fourth-order valence-electron chi connectivity index (χ4n) is 1.60. The molecule has 2 aromatic rings. The summed E-state index contributed by atoms with van der Waals surface area (Å²) in [4.78, 5) is 14.1. The second-order valence-electron chi connectivity index (χ2n) is 3.87. The minimum atomic E-state index is -0.441. The quantitative estimate of drug-likeness (QED) is 0.847. The molecular formula is C13H12ClFN2O2. The van der Waals surface area contributed by atoms with Crippen molar-refractivity contribution in [3.63, 3.8) is 0 Å². The molecule has 0 radical (unpaired) electrons. The number of halogens is 2. The summed E-state index contributed by atoms with van der Waals surface area (Å²) in [6, 6.07) is 7.73. The van der Waals surface area contributed by atoms with E-state index in [0.29, 0.717) is 22.9 Å². The normalized spacial score (nSPS) is 10.3. The largest absolute Gasteiger partial charge is 0.464 e. The maximum absolute atomic E-state index is 13.5. The lowest BCUT2D eigenvalue weighted by Gasteiger charge is -2.06. The Morgan fingerprint density at radius 3 is 2.89 bits per heavy atom. The smallest absolute Gasteiger partial charge is 0.354 e. The summed E-state index contributed by atoms with van der Waals surface area (Å²) in [5.74, 6) is -0.865. The number of carbonyl (C=O) groups is 1. The van der Waals surface area contributed by atoms with Crippen LogP contribution >= 0.6 is 11.6 Å². The maximum atomic E-state index is 13.5. The Bertz CT molecular complexity index is 598. The third-order valence-electron chi connectivity index (χ3n) is 2.55. The Morgan fingerprint density at radius 2 is 2.21 bits per heavy atom. The minimum absolute atomic E-state index is 0.343. The molecule has 0 saturated heterocycles. The van der Waals surface area contributed by atoms with E-state index >= 15 is 0 Å². The lowest BCUT2D eigenvalue weighted by molar-refractivity contribution is 0.0594. The molecule has 0 amide bonds. The van der Waals surface area contributed by atoms with Gasteiger partial charge >= 0.3 is 5.97 Å². The van der Waals surface area contributed by atoms with Gasteiger partial charge < -0.3 is 15.0 Å². The van der Waals surface area contributed by atoms with Crippen molar-refractivity contribution in [1.82, 2.24) is 4.98 Å². The number of methoxy groups -OCH3 is 1. The monoisotopic (exact) mass is 282 g/mol. The van der Waals surface area contributed by atoms with Crippen LogP contribution in [0.3, 0.4) is 0 Å². The summed E-state index contributed by atoms with van der Waals surface area (Å²) < 4.78 is 18.1. The van der Waals surface area contributed by atoms with Crippen LogP contribution in [0.4, 0.5) is 10.1 Å². The van der Waals surface area contributed by atoms with Gasteiger partial charge in [-0.25, -0.2) is 9.18 Å². The number of H-pyrrole nitrogens is 1. The van der Waals surface area contributed by atoms with E-state index in [4.69, 9.17) is 11.6 Å². The molecule has 0 fully saturated rings. The average molecular weight is 283 g/mol. The molecule has 0 bridgehead atoms. The lowest BCUT2D eigenvalue weighted by atomic mass is 10.3. The second kappa shape index (κ2) is 5.75. The highest BCUT2D eigenvalue weighted by Crippen LogP contribution is 2.19. The van der Waals surface area contributed by atoms with Crippen LogP contribution in [0.5, 0.6) is 0 Å². The maximum Gasteiger partial charge on any atom is 0.354 e. The van der Waals surface area contributed by atoms with Crippen molar-refractivity contribution < 1.29 is 13.9 Å². The van der Waals surface area contributed by atoms with E-state index in [9.17, 15) is 9.18 Å². The van der Waals surface area contributed by atoms with Crippen LogP contribution in [0.2, 0.25) is 5.02 Å². The molecule has 19 heavy (non-hydrogen) atoms. The molecule has 6 heteroatoms. The summed E-state index contributed by atoms with van der Waals surface area (Å²) in [5.41, 5.74) is 1.45. The number of anilines is 1. The third kappa shape index (κ3) is 3.26. The highest BCUT2D eigenvalue weighted by molar-refractivity contribution is 6.30. The van der Waals surface area contributed by atoms with E-state index < -0.39 is 11.8 Å². The Balaban J connectivity index is 2.02. The van der Waals surface area contributed by atoms with E-state index in [-0.39, 0.29) is 0 Å². The van der Waals surface area contributed by atoms with Gasteiger partial charge in [-0.2, -0.15) is 0 Å². The van der Waals surface area contributed by atoms with Crippen molar-refractivity contribution in [3.8, 4) is 0 Å². The second-order valence-corrected chi connectivity index (χ2v) is 4.30. The van der Waals surface area contributed by atoms with E-state index in [1.165, 1.54) is 13.2 Å². The first-order valence-electron chi connectivity index (χ1n) is 5.55. The number of esters is 1. The first-order valence-corrected chi connectivity index (χ1v) is 5.93. The summed E-state index contributed by atoms with van der Waals surface area (Å²) in [5, 5.41) is 3.25. The zero-order valence-electron chi connectivity index (χ0n) is 10.2. The molecule has 0 aliphatic heterocycles. The standard InChI is InChI=1S/C13H12ClFN2O2/c1-19-13(18)12-5-3-9(17-12)7-16-11-4-2-8(14)6-10(11)15/h2-6,16-17H,7H2,1H3. The fraction of sp³-hybridized carbons (Fsp3) is 0.154. The topological polar surface area (TPSA) is 54.1 Å². The van der Waals surface area contributed by atoms with Crippen LogP contribution in [-0.4, -0.2) is 18.1 Å². The molecule has 0 aliphatic rings. The number of aromatic nitrogens is 1. The average Bonchev–Trinajstić information content (AvgIpc) is 2.85. The molecule has 4 nitrogen and oxygen atoms in total. The molecule has 0 unspecified atom stereocenters. The van der Waals surface area contributed by atoms with Gasteiger partial charge in [-0.1, -0.05) is 11.6 Å². The zero-order valence-corrected chi connectivity index (χ0v) is 10.9. The molecule has 0 spiro atoms. The predicted molar refractivity (Wildman–Crippen MR) is 70.9 cm³/mol. The molecule has 100 valence electrons. The van der Waals surface area contributed by atoms with Crippen LogP contribution in [-0.2, 0) is 11.3 Å². The van der Waals surface area contributed by atoms with Crippen LogP contribution in [0, 0.1) is 5.82 Å². The third-order valence-corrected chi connectivity index (χ3v) is 2.79. The van der Waals surface area contributed by atoms with Crippen molar-refractivity contribution >= 4 is 23.3 Å². The van der Waals surface area contributed by atoms with Crippen LogP contribution in [0.15, 0.2) is 30.3 Å². The van der Waals surface area contributed by atoms with Gasteiger partial charge in [0.05, 0.1) is 19.3 Å². The van der Waals surface area contributed by atoms with E-state index in [0.717, 1.165) is 5.69 Å². The molecule has 1 aromatic carbocycles. The number of rotatable bonds is 4. The minimum Gasteiger partial charge on any atom is -0.464 e. The molecule has 2 rings (SSSR count). The summed E-state index contributed by atoms with van der Waals surface area (Å²) >= 11 is 5.66. The summed E-state index contributed by atoms with van der Waals surface area (Å²) in [6.45, 7) is 0.357. The van der Waals surface area contributed by atoms with Gasteiger partial charge in [0.25, 0.3) is 0 Å². The first kappa shape index (κ1) is 13.4. The van der Waals surface area contributed by atoms with Crippen molar-refractivity contribution in [3.05, 3.63) is 52.6 Å². The van der Waals surface area contributed by atoms with Gasteiger partial charge in [0.1, 0.15) is 11.5 Å². The number of nitrogens with one attached hydrogen (secondary N) is 2. The molecule has 0 aliphatic carbocycles. The molecule has 1 heterocycles. The van der Waals surface area contributed by atoms with Crippen LogP contribution in [0.1, 0.15) is 16.2 Å². The summed E-state index contributed by atoms with van der Waals surface area (Å²) in [6.07, 6.45) is 0. The van der Waals surface area contributed by atoms with Crippen LogP contribution in [0.25, 0.3) is 0 Å². The van der Waals surface area contributed by atoms with Gasteiger partial charge in [-0.05, 0) is 30.3 Å². The van der Waals surface area contributed by atoms with Crippen molar-refractivity contribution in [2.75, 3.05) is 12.4 Å². The number of ether oxygens (including phenoxy) is 1. The molecular weight excluding hydrogens is 271 g/mol. The van der Waals surface area contributed by atoms with Crippen molar-refractivity contribution in [1.29, 1.82) is 0 Å². The molecule has 0 saturated carbocycles. The number of aromatic amines is 1. The van der Waals surface area contributed by atoms with Gasteiger partial charge in [0.2, 0.25) is 0 Å². The van der Waals surface area contributed by atoms with Gasteiger partial charge in [0.15, 0.2) is 0 Å². The SMILES string of the molecule is COC(=O)c1ccc(CNc2ccc(Cl)cc2F)[nH]1. The number of hydrogen-bond acceptors (Lipinski definition) is 3. The van der Waals surface area contributed by atoms with E-state index in [2.05, 4.69) is 15.0 Å². The Morgan fingerprint density at radius 1 is 1.42 bits per heavy atom. The Labute approximate surface area is 114 Å². The first-order chi connectivity index (χ1) is 9.10. The Hall–Kier alpha value is -2.01. The Kier molecular flexibility index (Phi) is 4.06. The van der Waals surface area contributed by atoms with E-state index in [1.807, 2.05) is 0 Å². The predicted octanol–water partition coefficient (Wildman–Crippen LogP) is 3.21. The van der Waals surface area contributed by atoms with Crippen LogP contribution < -0.4 is 5.32 Å².